The van der Waals surface area contributed by atoms with Crippen LogP contribution in [0, 0.1) is 13.8 Å². The minimum Gasteiger partial charge on any atom is -0.326 e. The Morgan fingerprint density at radius 2 is 1.73 bits per heavy atom. The second kappa shape index (κ2) is 3.37. The monoisotopic (exact) mass is 213 g/mol. The molecule has 0 unspecified atom stereocenters. The van der Waals surface area contributed by atoms with Gasteiger partial charge in [0.15, 0.2) is 0 Å². The fourth-order valence-corrected chi connectivity index (χ4v) is 1.38. The molecule has 0 bridgehead atoms. The highest BCUT2D eigenvalue weighted by atomic mass is 79.9. The van der Waals surface area contributed by atoms with Crippen LogP contribution in [0.15, 0.2) is 16.6 Å². The number of aryl methyl sites for hydroxylation is 2. The van der Waals surface area contributed by atoms with Gasteiger partial charge >= 0.3 is 0 Å². The molecule has 0 aliphatic heterocycles. The third-order valence-electron chi connectivity index (χ3n) is 1.73. The van der Waals surface area contributed by atoms with Crippen LogP contribution in [0.2, 0.25) is 0 Å². The maximum atomic E-state index is 5.52. The van der Waals surface area contributed by atoms with E-state index >= 15 is 0 Å². The Labute approximate surface area is 75.7 Å². The quantitative estimate of drug-likeness (QED) is 0.763. The molecule has 0 saturated carbocycles. The van der Waals surface area contributed by atoms with Crippen molar-refractivity contribution < 1.29 is 0 Å². The van der Waals surface area contributed by atoms with Gasteiger partial charge in [-0.25, -0.2) is 0 Å². The number of hydrogen-bond acceptors (Lipinski definition) is 1. The topological polar surface area (TPSA) is 26.0 Å². The van der Waals surface area contributed by atoms with Gasteiger partial charge in [0.25, 0.3) is 0 Å². The van der Waals surface area contributed by atoms with E-state index in [2.05, 4.69) is 41.9 Å². The van der Waals surface area contributed by atoms with E-state index in [1.807, 2.05) is 0 Å². The third-order valence-corrected chi connectivity index (χ3v) is 2.98. The summed E-state index contributed by atoms with van der Waals surface area (Å²) < 4.78 is 1.19. The predicted molar refractivity (Wildman–Crippen MR) is 51.5 cm³/mol. The smallest absolute Gasteiger partial charge is 0.0233 e. The average Bonchev–Trinajstić information content (AvgIpc) is 1.99. The maximum Gasteiger partial charge on any atom is 0.0233 e. The van der Waals surface area contributed by atoms with Gasteiger partial charge in [-0.05, 0) is 30.5 Å². The summed E-state index contributed by atoms with van der Waals surface area (Å²) in [6.45, 7) is 4.78. The Balaban J connectivity index is 3.21. The summed E-state index contributed by atoms with van der Waals surface area (Å²) in [6, 6.07) is 4.22. The van der Waals surface area contributed by atoms with Crippen molar-refractivity contribution in [2.45, 2.75) is 20.4 Å². The first-order chi connectivity index (χ1) is 5.15. The van der Waals surface area contributed by atoms with Gasteiger partial charge in [-0.2, -0.15) is 0 Å². The van der Waals surface area contributed by atoms with Gasteiger partial charge in [0, 0.05) is 11.0 Å². The van der Waals surface area contributed by atoms with E-state index in [1.165, 1.54) is 21.2 Å². The van der Waals surface area contributed by atoms with E-state index in [9.17, 15) is 0 Å². The average molecular weight is 214 g/mol. The summed E-state index contributed by atoms with van der Waals surface area (Å²) in [5, 5.41) is 0. The molecule has 0 aliphatic rings. The predicted octanol–water partition coefficient (Wildman–Crippen LogP) is 2.52. The Hall–Kier alpha value is -0.340. The molecular formula is C9H12BrN. The van der Waals surface area contributed by atoms with Crippen LogP contribution in [-0.2, 0) is 6.54 Å². The molecule has 0 heterocycles. The summed E-state index contributed by atoms with van der Waals surface area (Å²) in [7, 11) is 0. The van der Waals surface area contributed by atoms with E-state index < -0.39 is 0 Å². The van der Waals surface area contributed by atoms with Crippen molar-refractivity contribution in [1.29, 1.82) is 0 Å². The molecule has 0 saturated heterocycles. The van der Waals surface area contributed by atoms with Crippen LogP contribution in [0.1, 0.15) is 16.7 Å². The number of rotatable bonds is 1. The first kappa shape index (κ1) is 8.75. The molecule has 0 spiro atoms. The van der Waals surface area contributed by atoms with Crippen LogP contribution in [-0.4, -0.2) is 0 Å². The summed E-state index contributed by atoms with van der Waals surface area (Å²) in [5.74, 6) is 0. The van der Waals surface area contributed by atoms with Gasteiger partial charge < -0.3 is 5.73 Å². The molecule has 0 amide bonds. The Morgan fingerprint density at radius 1 is 1.27 bits per heavy atom. The van der Waals surface area contributed by atoms with Crippen LogP contribution in [0.25, 0.3) is 0 Å². The van der Waals surface area contributed by atoms with Crippen molar-refractivity contribution in [1.82, 2.24) is 0 Å². The lowest BCUT2D eigenvalue weighted by atomic mass is 10.1. The van der Waals surface area contributed by atoms with Gasteiger partial charge in [-0.3, -0.25) is 0 Å². The molecule has 0 radical (unpaired) electrons. The number of benzene rings is 1. The molecule has 1 rings (SSSR count). The number of nitrogens with two attached hydrogens (primary N) is 1. The lowest BCUT2D eigenvalue weighted by Crippen LogP contribution is -1.97. The molecule has 0 fully saturated rings. The second-order valence-corrected chi connectivity index (χ2v) is 3.54. The normalized spacial score (nSPS) is 10.2. The zero-order chi connectivity index (χ0) is 8.43. The van der Waals surface area contributed by atoms with E-state index in [0.29, 0.717) is 6.54 Å². The van der Waals surface area contributed by atoms with Gasteiger partial charge in [-0.1, -0.05) is 28.1 Å². The van der Waals surface area contributed by atoms with Crippen molar-refractivity contribution >= 4 is 15.9 Å². The lowest BCUT2D eigenvalue weighted by Gasteiger charge is -2.05. The molecule has 0 aromatic heterocycles. The van der Waals surface area contributed by atoms with Gasteiger partial charge in [0.2, 0.25) is 0 Å². The van der Waals surface area contributed by atoms with Crippen molar-refractivity contribution in [3.63, 3.8) is 0 Å². The first-order valence-electron chi connectivity index (χ1n) is 3.61. The molecule has 1 nitrogen and oxygen atoms in total. The Bertz CT molecular complexity index is 245. The first-order valence-corrected chi connectivity index (χ1v) is 4.40. The molecule has 0 atom stereocenters. The minimum atomic E-state index is 0.620. The van der Waals surface area contributed by atoms with Crippen molar-refractivity contribution in [2.24, 2.45) is 5.73 Å². The molecule has 60 valence electrons. The highest BCUT2D eigenvalue weighted by molar-refractivity contribution is 9.10. The van der Waals surface area contributed by atoms with Crippen molar-refractivity contribution in [3.05, 3.63) is 33.3 Å². The lowest BCUT2D eigenvalue weighted by molar-refractivity contribution is 1.06. The highest BCUT2D eigenvalue weighted by Crippen LogP contribution is 2.21. The highest BCUT2D eigenvalue weighted by Gasteiger charge is 1.99. The van der Waals surface area contributed by atoms with Gasteiger partial charge in [0.1, 0.15) is 0 Å². The number of hydrogen-bond donors (Lipinski definition) is 1. The van der Waals surface area contributed by atoms with Crippen LogP contribution in [0.5, 0.6) is 0 Å². The molecule has 0 aliphatic carbocycles. The van der Waals surface area contributed by atoms with Crippen LogP contribution in [0.3, 0.4) is 0 Å². The Kier molecular flexibility index (Phi) is 2.68. The summed E-state index contributed by atoms with van der Waals surface area (Å²) in [6.07, 6.45) is 0. The standard InChI is InChI=1S/C9H12BrN/c1-6-3-8(5-11)4-7(2)9(6)10/h3-4H,5,11H2,1-2H3. The molecule has 1 aromatic rings. The maximum absolute atomic E-state index is 5.52. The summed E-state index contributed by atoms with van der Waals surface area (Å²) >= 11 is 3.50. The fraction of sp³-hybridized carbons (Fsp3) is 0.333. The van der Waals surface area contributed by atoms with Gasteiger partial charge in [-0.15, -0.1) is 0 Å². The van der Waals surface area contributed by atoms with Crippen LogP contribution >= 0.6 is 15.9 Å². The molecule has 2 heteroatoms. The molecular weight excluding hydrogens is 202 g/mol. The number of halogens is 1. The molecule has 11 heavy (non-hydrogen) atoms. The molecule has 2 N–H and O–H groups in total. The van der Waals surface area contributed by atoms with E-state index in [4.69, 9.17) is 5.73 Å². The summed E-state index contributed by atoms with van der Waals surface area (Å²) in [5.41, 5.74) is 9.23. The van der Waals surface area contributed by atoms with Crippen molar-refractivity contribution in [3.8, 4) is 0 Å². The van der Waals surface area contributed by atoms with E-state index in [-0.39, 0.29) is 0 Å². The van der Waals surface area contributed by atoms with Crippen molar-refractivity contribution in [2.75, 3.05) is 0 Å². The zero-order valence-electron chi connectivity index (χ0n) is 6.82. The fourth-order valence-electron chi connectivity index (χ4n) is 1.15. The SMILES string of the molecule is Cc1cc(CN)cc(C)c1Br. The largest absolute Gasteiger partial charge is 0.326 e. The van der Waals surface area contributed by atoms with E-state index in [1.54, 1.807) is 0 Å². The van der Waals surface area contributed by atoms with Crippen LogP contribution < -0.4 is 5.73 Å². The second-order valence-electron chi connectivity index (χ2n) is 2.75. The Morgan fingerprint density at radius 3 is 2.09 bits per heavy atom. The minimum absolute atomic E-state index is 0.620. The van der Waals surface area contributed by atoms with E-state index in [0.717, 1.165) is 0 Å². The summed E-state index contributed by atoms with van der Waals surface area (Å²) in [4.78, 5) is 0. The van der Waals surface area contributed by atoms with Gasteiger partial charge in [0.05, 0.1) is 0 Å². The third kappa shape index (κ3) is 1.82. The zero-order valence-corrected chi connectivity index (χ0v) is 8.40. The van der Waals surface area contributed by atoms with Crippen LogP contribution in [0.4, 0.5) is 0 Å². The molecule has 1 aromatic carbocycles.